The molecule has 11 heteroatoms. The fraction of sp³-hybridized carbons (Fsp3) is 0.316. The highest BCUT2D eigenvalue weighted by atomic mass is 16.3. The van der Waals surface area contributed by atoms with Crippen molar-refractivity contribution in [2.45, 2.75) is 6.04 Å². The quantitative estimate of drug-likeness (QED) is 0.533. The summed E-state index contributed by atoms with van der Waals surface area (Å²) in [6.45, 7) is 0.737. The molecule has 1 aromatic carbocycles. The number of urea groups is 1. The maximum absolute atomic E-state index is 12.4. The van der Waals surface area contributed by atoms with Gasteiger partial charge in [-0.15, -0.1) is 0 Å². The molecule has 1 aliphatic rings. The smallest absolute Gasteiger partial charge is 0.354 e. The first-order chi connectivity index (χ1) is 14.4. The van der Waals surface area contributed by atoms with E-state index in [1.165, 1.54) is 26.6 Å². The summed E-state index contributed by atoms with van der Waals surface area (Å²) in [4.78, 5) is 54.3. The van der Waals surface area contributed by atoms with E-state index in [0.29, 0.717) is 30.6 Å². The van der Waals surface area contributed by atoms with Crippen molar-refractivity contribution in [3.05, 3.63) is 52.6 Å². The molecule has 30 heavy (non-hydrogen) atoms. The summed E-state index contributed by atoms with van der Waals surface area (Å²) in [5.74, 6) is -0.254. The van der Waals surface area contributed by atoms with Gasteiger partial charge in [0, 0.05) is 37.9 Å². The lowest BCUT2D eigenvalue weighted by Gasteiger charge is -2.35. The van der Waals surface area contributed by atoms with E-state index in [1.807, 2.05) is 0 Å². The Hall–Kier alpha value is -3.57. The van der Waals surface area contributed by atoms with Crippen molar-refractivity contribution in [2.75, 3.05) is 38.1 Å². The SMILES string of the molecule is N[C@@H](CO)C(=O)N1CCN(C(=O)Nc2ccn(-c3ccc(C=O)cc3)c(=O)n2)CC1. The molecule has 3 rings (SSSR count). The van der Waals surface area contributed by atoms with Gasteiger partial charge < -0.3 is 20.6 Å². The van der Waals surface area contributed by atoms with Gasteiger partial charge in [-0.2, -0.15) is 4.98 Å². The van der Waals surface area contributed by atoms with E-state index in [2.05, 4.69) is 10.3 Å². The molecule has 0 unspecified atom stereocenters. The minimum absolute atomic E-state index is 0.103. The summed E-state index contributed by atoms with van der Waals surface area (Å²) in [6.07, 6.45) is 2.19. The Bertz CT molecular complexity index is 982. The van der Waals surface area contributed by atoms with Gasteiger partial charge in [-0.25, -0.2) is 9.59 Å². The Balaban J connectivity index is 1.61. The third-order valence-electron chi connectivity index (χ3n) is 4.74. The van der Waals surface area contributed by atoms with Crippen molar-refractivity contribution < 1.29 is 19.5 Å². The molecule has 2 heterocycles. The van der Waals surface area contributed by atoms with Gasteiger partial charge in [-0.3, -0.25) is 19.5 Å². The Labute approximate surface area is 171 Å². The predicted octanol–water partition coefficient (Wildman–Crippen LogP) is -0.959. The van der Waals surface area contributed by atoms with Crippen LogP contribution in [0.1, 0.15) is 10.4 Å². The van der Waals surface area contributed by atoms with E-state index < -0.39 is 24.4 Å². The molecule has 158 valence electrons. The van der Waals surface area contributed by atoms with Gasteiger partial charge >= 0.3 is 11.7 Å². The van der Waals surface area contributed by atoms with E-state index in [9.17, 15) is 19.2 Å². The molecule has 0 bridgehead atoms. The number of carbonyl (C=O) groups is 3. The Morgan fingerprint density at radius 2 is 1.77 bits per heavy atom. The van der Waals surface area contributed by atoms with Gasteiger partial charge in [0.2, 0.25) is 5.91 Å². The number of piperazine rings is 1. The monoisotopic (exact) mass is 414 g/mol. The second-order valence-corrected chi connectivity index (χ2v) is 6.71. The highest BCUT2D eigenvalue weighted by Crippen LogP contribution is 2.09. The minimum atomic E-state index is -0.962. The molecule has 11 nitrogen and oxygen atoms in total. The van der Waals surface area contributed by atoms with Crippen LogP contribution < -0.4 is 16.7 Å². The van der Waals surface area contributed by atoms with Crippen LogP contribution in [0, 0.1) is 0 Å². The maximum Gasteiger partial charge on any atom is 0.354 e. The molecule has 3 amide bonds. The number of nitrogens with two attached hydrogens (primary N) is 1. The zero-order valence-electron chi connectivity index (χ0n) is 16.1. The van der Waals surface area contributed by atoms with Crippen LogP contribution in [-0.4, -0.2) is 81.5 Å². The molecular formula is C19H22N6O5. The van der Waals surface area contributed by atoms with Gasteiger partial charge in [-0.05, 0) is 30.3 Å². The van der Waals surface area contributed by atoms with E-state index in [4.69, 9.17) is 10.8 Å². The fourth-order valence-corrected chi connectivity index (χ4v) is 3.01. The molecule has 1 fully saturated rings. The van der Waals surface area contributed by atoms with Crippen LogP contribution in [0.15, 0.2) is 41.3 Å². The number of hydrogen-bond donors (Lipinski definition) is 3. The highest BCUT2D eigenvalue weighted by molar-refractivity contribution is 5.88. The van der Waals surface area contributed by atoms with Crippen LogP contribution in [0.25, 0.3) is 5.69 Å². The molecule has 0 saturated carbocycles. The lowest BCUT2D eigenvalue weighted by molar-refractivity contribution is -0.134. The van der Waals surface area contributed by atoms with Crippen LogP contribution in [0.2, 0.25) is 0 Å². The molecule has 0 radical (unpaired) electrons. The summed E-state index contributed by atoms with van der Waals surface area (Å²) < 4.78 is 1.29. The average molecular weight is 414 g/mol. The number of nitrogens with zero attached hydrogens (tertiary/aromatic N) is 4. The van der Waals surface area contributed by atoms with Crippen molar-refractivity contribution in [3.8, 4) is 5.69 Å². The van der Waals surface area contributed by atoms with Crippen LogP contribution in [-0.2, 0) is 4.79 Å². The third kappa shape index (κ3) is 4.70. The minimum Gasteiger partial charge on any atom is -0.394 e. The zero-order valence-corrected chi connectivity index (χ0v) is 16.1. The van der Waals surface area contributed by atoms with E-state index in [-0.39, 0.29) is 24.8 Å². The number of anilines is 1. The number of rotatable bonds is 5. The molecule has 0 aliphatic carbocycles. The molecule has 4 N–H and O–H groups in total. The van der Waals surface area contributed by atoms with Crippen LogP contribution in [0.5, 0.6) is 0 Å². The second kappa shape index (κ2) is 9.29. The fourth-order valence-electron chi connectivity index (χ4n) is 3.01. The number of carbonyl (C=O) groups excluding carboxylic acids is 3. The first-order valence-electron chi connectivity index (χ1n) is 9.29. The number of aldehydes is 1. The lowest BCUT2D eigenvalue weighted by Crippen LogP contribution is -2.55. The van der Waals surface area contributed by atoms with Gasteiger partial charge in [-0.1, -0.05) is 0 Å². The summed E-state index contributed by atoms with van der Waals surface area (Å²) >= 11 is 0. The largest absolute Gasteiger partial charge is 0.394 e. The first-order valence-corrected chi connectivity index (χ1v) is 9.29. The third-order valence-corrected chi connectivity index (χ3v) is 4.74. The normalized spacial score (nSPS) is 14.9. The number of benzene rings is 1. The molecule has 2 aromatic rings. The molecule has 1 aromatic heterocycles. The van der Waals surface area contributed by atoms with Crippen molar-refractivity contribution in [1.82, 2.24) is 19.4 Å². The number of amides is 3. The van der Waals surface area contributed by atoms with Crippen molar-refractivity contribution in [3.63, 3.8) is 0 Å². The molecular weight excluding hydrogens is 392 g/mol. The van der Waals surface area contributed by atoms with Crippen LogP contribution >= 0.6 is 0 Å². The Morgan fingerprint density at radius 3 is 2.33 bits per heavy atom. The molecule has 1 aliphatic heterocycles. The van der Waals surface area contributed by atoms with E-state index in [1.54, 1.807) is 24.3 Å². The number of aliphatic hydroxyl groups is 1. The number of aliphatic hydroxyl groups excluding tert-OH is 1. The Kier molecular flexibility index (Phi) is 6.54. The van der Waals surface area contributed by atoms with Gasteiger partial charge in [0.25, 0.3) is 0 Å². The molecule has 1 atom stereocenters. The van der Waals surface area contributed by atoms with Crippen molar-refractivity contribution >= 4 is 24.0 Å². The number of nitrogens with one attached hydrogen (secondary N) is 1. The van der Waals surface area contributed by atoms with Gasteiger partial charge in [0.1, 0.15) is 18.1 Å². The van der Waals surface area contributed by atoms with Crippen molar-refractivity contribution in [2.24, 2.45) is 5.73 Å². The van der Waals surface area contributed by atoms with Crippen molar-refractivity contribution in [1.29, 1.82) is 0 Å². The predicted molar refractivity (Wildman–Crippen MR) is 107 cm³/mol. The molecule has 1 saturated heterocycles. The topological polar surface area (TPSA) is 151 Å². The van der Waals surface area contributed by atoms with Crippen LogP contribution in [0.3, 0.4) is 0 Å². The summed E-state index contributed by atoms with van der Waals surface area (Å²) in [7, 11) is 0. The maximum atomic E-state index is 12.4. The van der Waals surface area contributed by atoms with E-state index >= 15 is 0 Å². The second-order valence-electron chi connectivity index (χ2n) is 6.71. The number of aromatic nitrogens is 2. The summed E-state index contributed by atoms with van der Waals surface area (Å²) in [6, 6.07) is 6.50. The van der Waals surface area contributed by atoms with Crippen LogP contribution in [0.4, 0.5) is 10.6 Å². The summed E-state index contributed by atoms with van der Waals surface area (Å²) in [5, 5.41) is 11.6. The highest BCUT2D eigenvalue weighted by Gasteiger charge is 2.27. The van der Waals surface area contributed by atoms with Gasteiger partial charge in [0.15, 0.2) is 0 Å². The van der Waals surface area contributed by atoms with Gasteiger partial charge in [0.05, 0.1) is 12.3 Å². The zero-order chi connectivity index (χ0) is 21.7. The molecule has 0 spiro atoms. The number of hydrogen-bond acceptors (Lipinski definition) is 7. The summed E-state index contributed by atoms with van der Waals surface area (Å²) in [5.41, 5.74) is 5.98. The standard InChI is InChI=1S/C19H22N6O5/c20-15(12-27)17(28)23-7-9-24(10-8-23)18(29)21-16-5-6-25(19(30)22-16)14-3-1-13(11-26)2-4-14/h1-6,11,15,27H,7-10,12,20H2,(H,21,22,29,30)/t15-/m0/s1. The Morgan fingerprint density at radius 1 is 1.13 bits per heavy atom. The van der Waals surface area contributed by atoms with E-state index in [0.717, 1.165) is 0 Å². The lowest BCUT2D eigenvalue weighted by atomic mass is 10.2. The first kappa shape index (κ1) is 21.1. The average Bonchev–Trinajstić information content (AvgIpc) is 2.78.